The van der Waals surface area contributed by atoms with Gasteiger partial charge < -0.3 is 5.32 Å². The van der Waals surface area contributed by atoms with Gasteiger partial charge >= 0.3 is 0 Å². The molecule has 0 saturated heterocycles. The molecule has 1 saturated carbocycles. The van der Waals surface area contributed by atoms with Crippen molar-refractivity contribution in [3.8, 4) is 0 Å². The van der Waals surface area contributed by atoms with Crippen LogP contribution in [-0.2, 0) is 6.42 Å². The maximum absolute atomic E-state index is 6.28. The normalized spacial score (nSPS) is 22.3. The van der Waals surface area contributed by atoms with Crippen LogP contribution in [0, 0.1) is 16.7 Å². The molecule has 0 spiro atoms. The van der Waals surface area contributed by atoms with Gasteiger partial charge in [0.1, 0.15) is 0 Å². The first-order chi connectivity index (χ1) is 8.71. The summed E-state index contributed by atoms with van der Waals surface area (Å²) >= 11 is 12.3. The lowest BCUT2D eigenvalue weighted by molar-refractivity contribution is 0.421. The van der Waals surface area contributed by atoms with Gasteiger partial charge in [-0.1, -0.05) is 50.9 Å². The standard InChI is InChI=1S/C16H23Cl2N/c1-15(2)14(16(15,3)4)13(19-5)9-10-8-11(17)6-7-12(10)18/h6-8,13-14,19H,9H2,1-5H3. The van der Waals surface area contributed by atoms with E-state index in [4.69, 9.17) is 23.2 Å². The van der Waals surface area contributed by atoms with E-state index in [0.717, 1.165) is 22.0 Å². The molecular weight excluding hydrogens is 277 g/mol. The van der Waals surface area contributed by atoms with E-state index < -0.39 is 0 Å². The van der Waals surface area contributed by atoms with Crippen LogP contribution in [0.1, 0.15) is 33.3 Å². The van der Waals surface area contributed by atoms with Gasteiger partial charge in [0.25, 0.3) is 0 Å². The van der Waals surface area contributed by atoms with Gasteiger partial charge in [0.2, 0.25) is 0 Å². The fraction of sp³-hybridized carbons (Fsp3) is 0.625. The van der Waals surface area contributed by atoms with E-state index in [1.807, 2.05) is 25.2 Å². The Labute approximate surface area is 126 Å². The first-order valence-electron chi connectivity index (χ1n) is 6.83. The highest BCUT2D eigenvalue weighted by molar-refractivity contribution is 6.33. The summed E-state index contributed by atoms with van der Waals surface area (Å²) in [4.78, 5) is 0. The molecule has 106 valence electrons. The molecule has 1 N–H and O–H groups in total. The first kappa shape index (κ1) is 15.2. The summed E-state index contributed by atoms with van der Waals surface area (Å²) in [5.41, 5.74) is 1.87. The molecule has 0 amide bonds. The van der Waals surface area contributed by atoms with Gasteiger partial charge in [0.15, 0.2) is 0 Å². The summed E-state index contributed by atoms with van der Waals surface area (Å²) in [6.07, 6.45) is 0.924. The predicted octanol–water partition coefficient (Wildman–Crippen LogP) is 4.81. The van der Waals surface area contributed by atoms with Crippen molar-refractivity contribution in [2.24, 2.45) is 16.7 Å². The molecule has 1 fully saturated rings. The van der Waals surface area contributed by atoms with Crippen molar-refractivity contribution in [2.75, 3.05) is 7.05 Å². The molecule has 1 unspecified atom stereocenters. The molecule has 0 aromatic heterocycles. The van der Waals surface area contributed by atoms with Gasteiger partial charge in [-0.25, -0.2) is 0 Å². The van der Waals surface area contributed by atoms with E-state index in [1.54, 1.807) is 0 Å². The van der Waals surface area contributed by atoms with E-state index in [2.05, 4.69) is 33.0 Å². The zero-order chi connectivity index (χ0) is 14.4. The zero-order valence-electron chi connectivity index (χ0n) is 12.3. The van der Waals surface area contributed by atoms with Gasteiger partial charge in [-0.3, -0.25) is 0 Å². The predicted molar refractivity (Wildman–Crippen MR) is 84.1 cm³/mol. The first-order valence-corrected chi connectivity index (χ1v) is 7.58. The lowest BCUT2D eigenvalue weighted by atomic mass is 9.97. The number of halogens is 2. The summed E-state index contributed by atoms with van der Waals surface area (Å²) in [6.45, 7) is 9.40. The van der Waals surface area contributed by atoms with Crippen LogP contribution < -0.4 is 5.32 Å². The van der Waals surface area contributed by atoms with Crippen molar-refractivity contribution in [2.45, 2.75) is 40.2 Å². The fourth-order valence-electron chi connectivity index (χ4n) is 3.58. The highest BCUT2D eigenvalue weighted by Gasteiger charge is 2.66. The summed E-state index contributed by atoms with van der Waals surface area (Å²) in [5, 5.41) is 5.03. The van der Waals surface area contributed by atoms with Gasteiger partial charge in [0.05, 0.1) is 0 Å². The summed E-state index contributed by atoms with van der Waals surface area (Å²) in [7, 11) is 2.04. The lowest BCUT2D eigenvalue weighted by Crippen LogP contribution is -2.32. The number of rotatable bonds is 4. The molecule has 1 aromatic carbocycles. The maximum Gasteiger partial charge on any atom is 0.0439 e. The highest BCUT2D eigenvalue weighted by atomic mass is 35.5. The van der Waals surface area contributed by atoms with Gasteiger partial charge in [0, 0.05) is 16.1 Å². The van der Waals surface area contributed by atoms with Crippen molar-refractivity contribution < 1.29 is 0 Å². The molecule has 1 aliphatic carbocycles. The molecule has 1 nitrogen and oxygen atoms in total. The number of hydrogen-bond acceptors (Lipinski definition) is 1. The summed E-state index contributed by atoms with van der Waals surface area (Å²) in [5.74, 6) is 0.653. The number of nitrogens with one attached hydrogen (secondary N) is 1. The second-order valence-corrected chi connectivity index (χ2v) is 7.60. The zero-order valence-corrected chi connectivity index (χ0v) is 13.9. The molecule has 0 aliphatic heterocycles. The van der Waals surface area contributed by atoms with E-state index in [1.165, 1.54) is 0 Å². The molecule has 19 heavy (non-hydrogen) atoms. The minimum atomic E-state index is 0.367. The monoisotopic (exact) mass is 299 g/mol. The molecule has 0 radical (unpaired) electrons. The average molecular weight is 300 g/mol. The molecular formula is C16H23Cl2N. The van der Waals surface area contributed by atoms with Gasteiger partial charge in [-0.05, 0) is 54.0 Å². The number of hydrogen-bond donors (Lipinski definition) is 1. The van der Waals surface area contributed by atoms with Gasteiger partial charge in [-0.2, -0.15) is 0 Å². The Morgan fingerprint density at radius 3 is 2.21 bits per heavy atom. The Hall–Kier alpha value is -0.240. The highest BCUT2D eigenvalue weighted by Crippen LogP contribution is 2.69. The van der Waals surface area contributed by atoms with Crippen molar-refractivity contribution in [1.82, 2.24) is 5.32 Å². The molecule has 2 rings (SSSR count). The molecule has 3 heteroatoms. The van der Waals surface area contributed by atoms with Crippen molar-refractivity contribution in [3.05, 3.63) is 33.8 Å². The van der Waals surface area contributed by atoms with Crippen LogP contribution in [0.2, 0.25) is 10.0 Å². The Kier molecular flexibility index (Phi) is 3.94. The Balaban J connectivity index is 2.20. The SMILES string of the molecule is CNC(Cc1cc(Cl)ccc1Cl)C1C(C)(C)C1(C)C. The van der Waals surface area contributed by atoms with Crippen LogP contribution in [0.15, 0.2) is 18.2 Å². The summed E-state index contributed by atoms with van der Waals surface area (Å²) < 4.78 is 0. The third kappa shape index (κ3) is 2.53. The third-order valence-electron chi connectivity index (χ3n) is 5.35. The number of likely N-dealkylation sites (N-methyl/N-ethyl adjacent to an activating group) is 1. The molecule has 1 aliphatic rings. The fourth-order valence-corrected chi connectivity index (χ4v) is 3.97. The molecule has 1 aromatic rings. The second kappa shape index (κ2) is 4.95. The molecule has 0 bridgehead atoms. The minimum absolute atomic E-state index is 0.367. The quantitative estimate of drug-likeness (QED) is 0.841. The summed E-state index contributed by atoms with van der Waals surface area (Å²) in [6, 6.07) is 6.14. The van der Waals surface area contributed by atoms with E-state index in [0.29, 0.717) is 22.8 Å². The van der Waals surface area contributed by atoms with Crippen molar-refractivity contribution >= 4 is 23.2 Å². The van der Waals surface area contributed by atoms with Crippen molar-refractivity contribution in [3.63, 3.8) is 0 Å². The smallest absolute Gasteiger partial charge is 0.0439 e. The van der Waals surface area contributed by atoms with E-state index in [9.17, 15) is 0 Å². The largest absolute Gasteiger partial charge is 0.316 e. The third-order valence-corrected chi connectivity index (χ3v) is 5.96. The number of benzene rings is 1. The lowest BCUT2D eigenvalue weighted by Gasteiger charge is -2.19. The van der Waals surface area contributed by atoms with Crippen LogP contribution in [0.5, 0.6) is 0 Å². The van der Waals surface area contributed by atoms with E-state index >= 15 is 0 Å². The minimum Gasteiger partial charge on any atom is -0.316 e. The van der Waals surface area contributed by atoms with Gasteiger partial charge in [-0.15, -0.1) is 0 Å². The topological polar surface area (TPSA) is 12.0 Å². The van der Waals surface area contributed by atoms with Crippen LogP contribution in [-0.4, -0.2) is 13.1 Å². The average Bonchev–Trinajstić information content (AvgIpc) is 2.72. The Morgan fingerprint density at radius 1 is 1.16 bits per heavy atom. The second-order valence-electron chi connectivity index (χ2n) is 6.76. The van der Waals surface area contributed by atoms with E-state index in [-0.39, 0.29) is 0 Å². The Morgan fingerprint density at radius 2 is 1.74 bits per heavy atom. The van der Waals surface area contributed by atoms with Crippen LogP contribution in [0.25, 0.3) is 0 Å². The maximum atomic E-state index is 6.28. The van der Waals surface area contributed by atoms with Crippen LogP contribution >= 0.6 is 23.2 Å². The molecule has 0 heterocycles. The van der Waals surface area contributed by atoms with Crippen LogP contribution in [0.4, 0.5) is 0 Å². The van der Waals surface area contributed by atoms with Crippen molar-refractivity contribution in [1.29, 1.82) is 0 Å². The van der Waals surface area contributed by atoms with Crippen LogP contribution in [0.3, 0.4) is 0 Å². The Bertz CT molecular complexity index is 466. The molecule has 1 atom stereocenters.